The molecular formula is C21H33N3O2. The second-order valence-electron chi connectivity index (χ2n) is 7.93. The van der Waals surface area contributed by atoms with Gasteiger partial charge in [-0.3, -0.25) is 14.5 Å². The number of rotatable bonds is 6. The molecule has 0 aromatic heterocycles. The fourth-order valence-electron chi connectivity index (χ4n) is 3.89. The Bertz CT molecular complexity index is 634. The van der Waals surface area contributed by atoms with Gasteiger partial charge in [0.1, 0.15) is 0 Å². The van der Waals surface area contributed by atoms with Gasteiger partial charge in [0.15, 0.2) is 0 Å². The van der Waals surface area contributed by atoms with E-state index < -0.39 is 0 Å². The highest BCUT2D eigenvalue weighted by molar-refractivity contribution is 5.94. The molecule has 0 radical (unpaired) electrons. The van der Waals surface area contributed by atoms with E-state index in [0.717, 1.165) is 23.2 Å². The van der Waals surface area contributed by atoms with Crippen LogP contribution in [0.15, 0.2) is 12.1 Å². The van der Waals surface area contributed by atoms with E-state index in [2.05, 4.69) is 29.7 Å². The van der Waals surface area contributed by atoms with Gasteiger partial charge in [-0.05, 0) is 57.7 Å². The van der Waals surface area contributed by atoms with E-state index in [-0.39, 0.29) is 30.9 Å². The summed E-state index contributed by atoms with van der Waals surface area (Å²) in [5.74, 6) is 0.442. The van der Waals surface area contributed by atoms with Crippen LogP contribution in [0, 0.1) is 26.7 Å². The Balaban J connectivity index is 1.82. The fraction of sp³-hybridized carbons (Fsp3) is 0.619. The predicted molar refractivity (Wildman–Crippen MR) is 106 cm³/mol. The summed E-state index contributed by atoms with van der Waals surface area (Å²) in [5.41, 5.74) is 4.17. The molecule has 2 atom stereocenters. The molecule has 0 saturated heterocycles. The molecule has 2 amide bonds. The Hall–Kier alpha value is -1.88. The first-order chi connectivity index (χ1) is 12.3. The van der Waals surface area contributed by atoms with E-state index >= 15 is 0 Å². The van der Waals surface area contributed by atoms with Crippen LogP contribution in [0.25, 0.3) is 0 Å². The summed E-state index contributed by atoms with van der Waals surface area (Å²) in [7, 11) is 1.80. The number of nitrogens with one attached hydrogen (secondary N) is 2. The molecule has 144 valence electrons. The van der Waals surface area contributed by atoms with Crippen LogP contribution in [0.1, 0.15) is 49.3 Å². The van der Waals surface area contributed by atoms with Gasteiger partial charge in [0.25, 0.3) is 0 Å². The maximum atomic E-state index is 12.4. The summed E-state index contributed by atoms with van der Waals surface area (Å²) in [6.07, 6.45) is 4.68. The maximum absolute atomic E-state index is 12.4. The minimum absolute atomic E-state index is 0.00162. The minimum atomic E-state index is -0.0959. The van der Waals surface area contributed by atoms with Gasteiger partial charge in [-0.25, -0.2) is 0 Å². The van der Waals surface area contributed by atoms with Crippen LogP contribution in [0.2, 0.25) is 0 Å². The third-order valence-corrected chi connectivity index (χ3v) is 5.23. The lowest BCUT2D eigenvalue weighted by Gasteiger charge is -2.30. The zero-order chi connectivity index (χ0) is 19.3. The second-order valence-corrected chi connectivity index (χ2v) is 7.93. The Kier molecular flexibility index (Phi) is 7.21. The Morgan fingerprint density at radius 3 is 2.23 bits per heavy atom. The molecule has 2 N–H and O–H groups in total. The Morgan fingerprint density at radius 1 is 1.04 bits per heavy atom. The molecular weight excluding hydrogens is 326 g/mol. The first-order valence-corrected chi connectivity index (χ1v) is 9.62. The first-order valence-electron chi connectivity index (χ1n) is 9.62. The van der Waals surface area contributed by atoms with E-state index in [1.54, 1.807) is 11.9 Å². The molecule has 5 heteroatoms. The monoisotopic (exact) mass is 359 g/mol. The second kappa shape index (κ2) is 9.17. The molecule has 2 rings (SSSR count). The lowest BCUT2D eigenvalue weighted by Crippen LogP contribution is -2.46. The molecule has 0 bridgehead atoms. The molecule has 1 fully saturated rings. The number of likely N-dealkylation sites (N-methyl/N-ethyl adjacent to an activating group) is 1. The smallest absolute Gasteiger partial charge is 0.238 e. The van der Waals surface area contributed by atoms with Gasteiger partial charge in [0.05, 0.1) is 13.1 Å². The van der Waals surface area contributed by atoms with Gasteiger partial charge in [-0.1, -0.05) is 37.5 Å². The van der Waals surface area contributed by atoms with Crippen molar-refractivity contribution in [1.82, 2.24) is 10.2 Å². The van der Waals surface area contributed by atoms with E-state index in [4.69, 9.17) is 0 Å². The van der Waals surface area contributed by atoms with Gasteiger partial charge < -0.3 is 10.6 Å². The van der Waals surface area contributed by atoms with E-state index in [1.165, 1.54) is 24.8 Å². The standard InChI is InChI=1S/C21H33N3O2/c1-14-10-16(3)21(17(4)11-14)23-20(26)13-24(5)12-19(25)22-18-9-7-6-8-15(18)2/h10-11,15,18H,6-9,12-13H2,1-5H3,(H,22,25)(H,23,26). The first kappa shape index (κ1) is 20.4. The minimum Gasteiger partial charge on any atom is -0.352 e. The molecule has 2 unspecified atom stereocenters. The van der Waals surface area contributed by atoms with Crippen molar-refractivity contribution in [3.05, 3.63) is 28.8 Å². The molecule has 0 spiro atoms. The van der Waals surface area contributed by atoms with Crippen molar-refractivity contribution in [2.24, 2.45) is 5.92 Å². The number of nitrogens with zero attached hydrogens (tertiary/aromatic N) is 1. The van der Waals surface area contributed by atoms with Gasteiger partial charge in [-0.15, -0.1) is 0 Å². The predicted octanol–water partition coefficient (Wildman–Crippen LogP) is 3.18. The summed E-state index contributed by atoms with van der Waals surface area (Å²) in [6.45, 7) is 8.68. The van der Waals surface area contributed by atoms with Crippen molar-refractivity contribution in [2.45, 2.75) is 59.4 Å². The van der Waals surface area contributed by atoms with Crippen molar-refractivity contribution >= 4 is 17.5 Å². The summed E-state index contributed by atoms with van der Waals surface area (Å²) < 4.78 is 0. The van der Waals surface area contributed by atoms with Crippen LogP contribution < -0.4 is 10.6 Å². The number of aryl methyl sites for hydroxylation is 3. The van der Waals surface area contributed by atoms with E-state index in [1.807, 2.05) is 20.8 Å². The SMILES string of the molecule is Cc1cc(C)c(NC(=O)CN(C)CC(=O)NC2CCCCC2C)c(C)c1. The van der Waals surface area contributed by atoms with Crippen LogP contribution in [0.3, 0.4) is 0 Å². The maximum Gasteiger partial charge on any atom is 0.238 e. The van der Waals surface area contributed by atoms with Crippen LogP contribution in [-0.2, 0) is 9.59 Å². The largest absolute Gasteiger partial charge is 0.352 e. The molecule has 1 aromatic rings. The number of hydrogen-bond acceptors (Lipinski definition) is 3. The molecule has 1 aromatic carbocycles. The number of carbonyl (C=O) groups excluding carboxylic acids is 2. The van der Waals surface area contributed by atoms with Gasteiger partial charge in [0.2, 0.25) is 11.8 Å². The third kappa shape index (κ3) is 5.84. The quantitative estimate of drug-likeness (QED) is 0.820. The highest BCUT2D eigenvalue weighted by Crippen LogP contribution is 2.24. The summed E-state index contributed by atoms with van der Waals surface area (Å²) in [4.78, 5) is 26.4. The molecule has 0 heterocycles. The zero-order valence-corrected chi connectivity index (χ0v) is 16.8. The molecule has 1 aliphatic carbocycles. The van der Waals surface area contributed by atoms with Crippen molar-refractivity contribution in [1.29, 1.82) is 0 Å². The fourth-order valence-corrected chi connectivity index (χ4v) is 3.89. The average Bonchev–Trinajstić information content (AvgIpc) is 2.52. The lowest BCUT2D eigenvalue weighted by atomic mass is 9.86. The average molecular weight is 360 g/mol. The molecule has 1 aliphatic rings. The van der Waals surface area contributed by atoms with E-state index in [0.29, 0.717) is 5.92 Å². The highest BCUT2D eigenvalue weighted by atomic mass is 16.2. The third-order valence-electron chi connectivity index (χ3n) is 5.23. The highest BCUT2D eigenvalue weighted by Gasteiger charge is 2.23. The van der Waals surface area contributed by atoms with Gasteiger partial charge in [0, 0.05) is 11.7 Å². The zero-order valence-electron chi connectivity index (χ0n) is 16.8. The van der Waals surface area contributed by atoms with Crippen molar-refractivity contribution < 1.29 is 9.59 Å². The van der Waals surface area contributed by atoms with Crippen LogP contribution >= 0.6 is 0 Å². The van der Waals surface area contributed by atoms with Crippen LogP contribution in [-0.4, -0.2) is 42.9 Å². The lowest BCUT2D eigenvalue weighted by molar-refractivity contribution is -0.124. The number of benzene rings is 1. The van der Waals surface area contributed by atoms with Gasteiger partial charge >= 0.3 is 0 Å². The normalized spacial score (nSPS) is 20.1. The number of hydrogen-bond donors (Lipinski definition) is 2. The Morgan fingerprint density at radius 2 is 1.62 bits per heavy atom. The van der Waals surface area contributed by atoms with Crippen molar-refractivity contribution in [3.63, 3.8) is 0 Å². The van der Waals surface area contributed by atoms with E-state index in [9.17, 15) is 9.59 Å². The molecule has 1 saturated carbocycles. The number of anilines is 1. The topological polar surface area (TPSA) is 61.4 Å². The van der Waals surface area contributed by atoms with Crippen molar-refractivity contribution in [3.8, 4) is 0 Å². The number of carbonyl (C=O) groups is 2. The number of amides is 2. The molecule has 26 heavy (non-hydrogen) atoms. The summed E-state index contributed by atoms with van der Waals surface area (Å²) >= 11 is 0. The van der Waals surface area contributed by atoms with Gasteiger partial charge in [-0.2, -0.15) is 0 Å². The molecule has 0 aliphatic heterocycles. The molecule has 5 nitrogen and oxygen atoms in total. The summed E-state index contributed by atoms with van der Waals surface area (Å²) in [6, 6.07) is 4.40. The summed E-state index contributed by atoms with van der Waals surface area (Å²) in [5, 5.41) is 6.12. The van der Waals surface area contributed by atoms with Crippen LogP contribution in [0.4, 0.5) is 5.69 Å². The van der Waals surface area contributed by atoms with Crippen molar-refractivity contribution in [2.75, 3.05) is 25.5 Å². The Labute approximate surface area is 157 Å². The van der Waals surface area contributed by atoms with Crippen LogP contribution in [0.5, 0.6) is 0 Å².